The minimum atomic E-state index is -3.71. The third-order valence-electron chi connectivity index (χ3n) is 3.05. The van der Waals surface area contributed by atoms with Gasteiger partial charge in [-0.2, -0.15) is 0 Å². The second-order valence-corrected chi connectivity index (χ2v) is 6.66. The minimum absolute atomic E-state index is 0.153. The highest BCUT2D eigenvalue weighted by atomic mass is 35.5. The van der Waals surface area contributed by atoms with Gasteiger partial charge in [-0.05, 0) is 42.5 Å². The van der Waals surface area contributed by atoms with Crippen LogP contribution in [-0.4, -0.2) is 13.4 Å². The number of halogens is 1. The van der Waals surface area contributed by atoms with Crippen LogP contribution in [0.5, 0.6) is 0 Å². The molecule has 0 unspecified atom stereocenters. The van der Waals surface area contributed by atoms with Crippen LogP contribution < -0.4 is 10.5 Å². The molecule has 0 spiro atoms. The number of nitrogen functional groups attached to an aromatic ring is 1. The van der Waals surface area contributed by atoms with Crippen LogP contribution in [0.25, 0.3) is 10.9 Å². The SMILES string of the molecule is Nc1ccc2[nH]cc(S(=O)(=O)Nc3ccc(Cl)cc3)c2c1. The molecule has 1 heterocycles. The van der Waals surface area contributed by atoms with Gasteiger partial charge in [0.05, 0.1) is 0 Å². The Morgan fingerprint density at radius 2 is 1.81 bits per heavy atom. The molecule has 3 rings (SSSR count). The molecule has 0 aliphatic rings. The van der Waals surface area contributed by atoms with Crippen LogP contribution in [-0.2, 0) is 10.0 Å². The summed E-state index contributed by atoms with van der Waals surface area (Å²) in [6, 6.07) is 11.5. The van der Waals surface area contributed by atoms with E-state index in [1.807, 2.05) is 0 Å². The van der Waals surface area contributed by atoms with Crippen LogP contribution >= 0.6 is 11.6 Å². The summed E-state index contributed by atoms with van der Waals surface area (Å²) in [5.74, 6) is 0. The molecule has 5 nitrogen and oxygen atoms in total. The van der Waals surface area contributed by atoms with Crippen molar-refractivity contribution < 1.29 is 8.42 Å². The molecule has 0 bridgehead atoms. The second kappa shape index (κ2) is 4.98. The van der Waals surface area contributed by atoms with Crippen LogP contribution in [0.1, 0.15) is 0 Å². The third kappa shape index (κ3) is 2.68. The Hall–Kier alpha value is -2.18. The van der Waals surface area contributed by atoms with Crippen molar-refractivity contribution in [2.75, 3.05) is 10.5 Å². The zero-order chi connectivity index (χ0) is 15.0. The van der Waals surface area contributed by atoms with Gasteiger partial charge < -0.3 is 10.7 Å². The molecule has 21 heavy (non-hydrogen) atoms. The molecule has 0 amide bonds. The Balaban J connectivity index is 2.04. The Bertz CT molecular complexity index is 902. The lowest BCUT2D eigenvalue weighted by Crippen LogP contribution is -2.12. The Kier molecular flexibility index (Phi) is 3.27. The van der Waals surface area contributed by atoms with Gasteiger partial charge in [-0.25, -0.2) is 8.42 Å². The van der Waals surface area contributed by atoms with Gasteiger partial charge in [-0.15, -0.1) is 0 Å². The van der Waals surface area contributed by atoms with E-state index < -0.39 is 10.0 Å². The Morgan fingerprint density at radius 1 is 1.10 bits per heavy atom. The largest absolute Gasteiger partial charge is 0.399 e. The first kappa shape index (κ1) is 13.8. The zero-order valence-corrected chi connectivity index (χ0v) is 12.4. The number of nitrogens with two attached hydrogens (primary N) is 1. The number of aromatic amines is 1. The summed E-state index contributed by atoms with van der Waals surface area (Å²) in [5.41, 5.74) is 7.38. The van der Waals surface area contributed by atoms with Crippen molar-refractivity contribution in [1.29, 1.82) is 0 Å². The number of hydrogen-bond donors (Lipinski definition) is 3. The van der Waals surface area contributed by atoms with E-state index >= 15 is 0 Å². The summed E-state index contributed by atoms with van der Waals surface area (Å²) >= 11 is 5.78. The lowest BCUT2D eigenvalue weighted by atomic mass is 10.2. The van der Waals surface area contributed by atoms with E-state index in [0.717, 1.165) is 0 Å². The van der Waals surface area contributed by atoms with Crippen molar-refractivity contribution in [3.05, 3.63) is 53.7 Å². The van der Waals surface area contributed by atoms with E-state index in [4.69, 9.17) is 17.3 Å². The van der Waals surface area contributed by atoms with Gasteiger partial charge in [0.25, 0.3) is 10.0 Å². The van der Waals surface area contributed by atoms with E-state index in [1.54, 1.807) is 42.5 Å². The molecule has 3 aromatic rings. The normalized spacial score (nSPS) is 11.7. The molecule has 0 saturated carbocycles. The number of H-pyrrole nitrogens is 1. The topological polar surface area (TPSA) is 88.0 Å². The summed E-state index contributed by atoms with van der Waals surface area (Å²) in [6.45, 7) is 0. The number of anilines is 2. The fourth-order valence-corrected chi connectivity index (χ4v) is 3.42. The van der Waals surface area contributed by atoms with Crippen molar-refractivity contribution in [2.45, 2.75) is 4.90 Å². The molecule has 0 saturated heterocycles. The number of hydrogen-bond acceptors (Lipinski definition) is 3. The van der Waals surface area contributed by atoms with E-state index in [-0.39, 0.29) is 4.90 Å². The van der Waals surface area contributed by atoms with Crippen molar-refractivity contribution in [2.24, 2.45) is 0 Å². The summed E-state index contributed by atoms with van der Waals surface area (Å²) in [4.78, 5) is 3.07. The van der Waals surface area contributed by atoms with Gasteiger partial charge in [-0.1, -0.05) is 11.6 Å². The van der Waals surface area contributed by atoms with E-state index in [9.17, 15) is 8.42 Å². The molecule has 1 aromatic heterocycles. The van der Waals surface area contributed by atoms with Gasteiger partial charge in [-0.3, -0.25) is 4.72 Å². The van der Waals surface area contributed by atoms with Crippen molar-refractivity contribution >= 4 is 43.9 Å². The van der Waals surface area contributed by atoms with Crippen molar-refractivity contribution in [1.82, 2.24) is 4.98 Å². The molecule has 108 valence electrons. The van der Waals surface area contributed by atoms with E-state index in [2.05, 4.69) is 9.71 Å². The summed E-state index contributed by atoms with van der Waals surface area (Å²) < 4.78 is 27.4. The number of nitrogens with one attached hydrogen (secondary N) is 2. The predicted octanol–water partition coefficient (Wildman–Crippen LogP) is 3.20. The van der Waals surface area contributed by atoms with Gasteiger partial charge in [0.1, 0.15) is 4.90 Å². The fraction of sp³-hybridized carbons (Fsp3) is 0. The van der Waals surface area contributed by atoms with Crippen molar-refractivity contribution in [3.8, 4) is 0 Å². The highest BCUT2D eigenvalue weighted by Gasteiger charge is 2.19. The summed E-state index contributed by atoms with van der Waals surface area (Å²) in [6.07, 6.45) is 1.45. The van der Waals surface area contributed by atoms with Crippen LogP contribution in [0.3, 0.4) is 0 Å². The molecule has 0 aliphatic heterocycles. The van der Waals surface area contributed by atoms with Crippen LogP contribution in [0.15, 0.2) is 53.6 Å². The average Bonchev–Trinajstić information content (AvgIpc) is 2.85. The quantitative estimate of drug-likeness (QED) is 0.647. The van der Waals surface area contributed by atoms with Gasteiger partial charge in [0.15, 0.2) is 0 Å². The fourth-order valence-electron chi connectivity index (χ4n) is 2.06. The molecule has 2 aromatic carbocycles. The Labute approximate surface area is 126 Å². The van der Waals surface area contributed by atoms with Crippen LogP contribution in [0.4, 0.5) is 11.4 Å². The maximum absolute atomic E-state index is 12.5. The smallest absolute Gasteiger partial charge is 0.264 e. The standard InChI is InChI=1S/C14H12ClN3O2S/c15-9-1-4-11(5-2-9)18-21(19,20)14-8-17-13-6-3-10(16)7-12(13)14/h1-8,17-18H,16H2. The number of fused-ring (bicyclic) bond motifs is 1. The Morgan fingerprint density at radius 3 is 2.52 bits per heavy atom. The molecule has 0 radical (unpaired) electrons. The number of benzene rings is 2. The molecule has 0 atom stereocenters. The molecular formula is C14H12ClN3O2S. The number of aromatic nitrogens is 1. The van der Waals surface area contributed by atoms with Gasteiger partial charge in [0, 0.05) is 33.5 Å². The molecule has 0 aliphatic carbocycles. The molecule has 0 fully saturated rings. The van der Waals surface area contributed by atoms with Crippen molar-refractivity contribution in [3.63, 3.8) is 0 Å². The first-order valence-electron chi connectivity index (χ1n) is 6.11. The first-order valence-corrected chi connectivity index (χ1v) is 7.97. The minimum Gasteiger partial charge on any atom is -0.399 e. The monoisotopic (exact) mass is 321 g/mol. The second-order valence-electron chi connectivity index (χ2n) is 4.57. The van der Waals surface area contributed by atoms with E-state index in [0.29, 0.717) is 27.3 Å². The summed E-state index contributed by atoms with van der Waals surface area (Å²) in [5, 5.41) is 1.09. The van der Waals surface area contributed by atoms with Gasteiger partial charge >= 0.3 is 0 Å². The highest BCUT2D eigenvalue weighted by Crippen LogP contribution is 2.26. The summed E-state index contributed by atoms with van der Waals surface area (Å²) in [7, 11) is -3.71. The average molecular weight is 322 g/mol. The zero-order valence-electron chi connectivity index (χ0n) is 10.8. The predicted molar refractivity (Wildman–Crippen MR) is 85.0 cm³/mol. The highest BCUT2D eigenvalue weighted by molar-refractivity contribution is 7.93. The number of rotatable bonds is 3. The molecular weight excluding hydrogens is 310 g/mol. The maximum atomic E-state index is 12.5. The lowest BCUT2D eigenvalue weighted by Gasteiger charge is -2.07. The first-order chi connectivity index (χ1) is 9.95. The van der Waals surface area contributed by atoms with E-state index in [1.165, 1.54) is 6.20 Å². The number of sulfonamides is 1. The maximum Gasteiger partial charge on any atom is 0.264 e. The van der Waals surface area contributed by atoms with Crippen LogP contribution in [0.2, 0.25) is 5.02 Å². The third-order valence-corrected chi connectivity index (χ3v) is 4.73. The van der Waals surface area contributed by atoms with Gasteiger partial charge in [0.2, 0.25) is 0 Å². The molecule has 7 heteroatoms. The molecule has 4 N–H and O–H groups in total. The lowest BCUT2D eigenvalue weighted by molar-refractivity contribution is 0.602. The van der Waals surface area contributed by atoms with Crippen LogP contribution in [0, 0.1) is 0 Å².